The first kappa shape index (κ1) is 16.7. The van der Waals surface area contributed by atoms with Gasteiger partial charge in [-0.25, -0.2) is 0 Å². The third-order valence-electron chi connectivity index (χ3n) is 4.24. The van der Waals surface area contributed by atoms with Crippen molar-refractivity contribution < 1.29 is 9.90 Å². The molecule has 126 valence electrons. The van der Waals surface area contributed by atoms with E-state index in [0.717, 1.165) is 23.7 Å². The fourth-order valence-electron chi connectivity index (χ4n) is 2.80. The maximum atomic E-state index is 12.4. The fourth-order valence-corrected chi connectivity index (χ4v) is 3.60. The molecule has 0 bridgehead atoms. The number of carbonyl (C=O) groups is 1. The zero-order valence-electron chi connectivity index (χ0n) is 13.8. The number of phenolic OH excluding ortho intramolecular Hbond substituents is 1. The Morgan fingerprint density at radius 3 is 2.38 bits per heavy atom. The number of hydrogen-bond acceptors (Lipinski definition) is 4. The van der Waals surface area contributed by atoms with Crippen molar-refractivity contribution in [3.63, 3.8) is 0 Å². The van der Waals surface area contributed by atoms with Crippen LogP contribution in [0.15, 0.2) is 53.4 Å². The molecule has 1 amide bonds. The zero-order valence-corrected chi connectivity index (χ0v) is 14.6. The number of aryl methyl sites for hydroxylation is 1. The SMILES string of the molecule is Cc1ccc(SCC(=O)N2CCN(c3ccccc3O)CC2)cc1. The van der Waals surface area contributed by atoms with Gasteiger partial charge in [-0.3, -0.25) is 4.79 Å². The first-order valence-electron chi connectivity index (χ1n) is 8.13. The Hall–Kier alpha value is -2.14. The largest absolute Gasteiger partial charge is 0.506 e. The lowest BCUT2D eigenvalue weighted by molar-refractivity contribution is -0.128. The van der Waals surface area contributed by atoms with Gasteiger partial charge in [-0.2, -0.15) is 0 Å². The van der Waals surface area contributed by atoms with Crippen molar-refractivity contribution in [2.75, 3.05) is 36.8 Å². The average Bonchev–Trinajstić information content (AvgIpc) is 2.61. The number of carbonyl (C=O) groups excluding carboxylic acids is 1. The van der Waals surface area contributed by atoms with Gasteiger partial charge in [0.25, 0.3) is 0 Å². The minimum absolute atomic E-state index is 0.178. The highest BCUT2D eigenvalue weighted by Crippen LogP contribution is 2.27. The molecule has 2 aromatic rings. The molecule has 3 rings (SSSR count). The van der Waals surface area contributed by atoms with E-state index >= 15 is 0 Å². The summed E-state index contributed by atoms with van der Waals surface area (Å²) in [7, 11) is 0. The average molecular weight is 342 g/mol. The van der Waals surface area contributed by atoms with Gasteiger partial charge in [0.15, 0.2) is 0 Å². The van der Waals surface area contributed by atoms with Gasteiger partial charge in [-0.1, -0.05) is 29.8 Å². The summed E-state index contributed by atoms with van der Waals surface area (Å²) in [5.74, 6) is 0.948. The summed E-state index contributed by atoms with van der Waals surface area (Å²) in [6, 6.07) is 15.6. The Balaban J connectivity index is 1.50. The molecule has 0 radical (unpaired) electrons. The van der Waals surface area contributed by atoms with Gasteiger partial charge in [-0.05, 0) is 31.2 Å². The molecule has 2 aromatic carbocycles. The molecule has 1 N–H and O–H groups in total. The van der Waals surface area contributed by atoms with Gasteiger partial charge in [-0.15, -0.1) is 11.8 Å². The lowest BCUT2D eigenvalue weighted by Crippen LogP contribution is -2.49. The predicted octanol–water partition coefficient (Wildman–Crippen LogP) is 3.14. The Morgan fingerprint density at radius 1 is 1.04 bits per heavy atom. The summed E-state index contributed by atoms with van der Waals surface area (Å²) in [6.45, 7) is 4.95. The van der Waals surface area contributed by atoms with Crippen LogP contribution in [-0.4, -0.2) is 47.8 Å². The van der Waals surface area contributed by atoms with Crippen LogP contribution < -0.4 is 4.90 Å². The maximum Gasteiger partial charge on any atom is 0.233 e. The van der Waals surface area contributed by atoms with Crippen molar-refractivity contribution in [1.82, 2.24) is 4.90 Å². The highest BCUT2D eigenvalue weighted by molar-refractivity contribution is 8.00. The number of nitrogens with zero attached hydrogens (tertiary/aromatic N) is 2. The van der Waals surface area contributed by atoms with Crippen molar-refractivity contribution in [2.45, 2.75) is 11.8 Å². The van der Waals surface area contributed by atoms with Crippen molar-refractivity contribution in [1.29, 1.82) is 0 Å². The number of hydrogen-bond donors (Lipinski definition) is 1. The second-order valence-corrected chi connectivity index (χ2v) is 7.01. The number of benzene rings is 2. The zero-order chi connectivity index (χ0) is 16.9. The van der Waals surface area contributed by atoms with Crippen LogP contribution in [-0.2, 0) is 4.79 Å². The third kappa shape index (κ3) is 4.03. The normalized spacial score (nSPS) is 14.7. The van der Waals surface area contributed by atoms with E-state index in [1.807, 2.05) is 23.1 Å². The number of amides is 1. The number of rotatable bonds is 4. The maximum absolute atomic E-state index is 12.4. The summed E-state index contributed by atoms with van der Waals surface area (Å²) in [6.07, 6.45) is 0. The molecule has 0 atom stereocenters. The standard InChI is InChI=1S/C19H22N2O2S/c1-15-6-8-16(9-7-15)24-14-19(23)21-12-10-20(11-13-21)17-4-2-3-5-18(17)22/h2-9,22H,10-14H2,1H3. The summed E-state index contributed by atoms with van der Waals surface area (Å²) in [5, 5.41) is 9.94. The van der Waals surface area contributed by atoms with Gasteiger partial charge in [0.2, 0.25) is 5.91 Å². The quantitative estimate of drug-likeness (QED) is 0.867. The molecule has 1 aliphatic heterocycles. The van der Waals surface area contributed by atoms with Crippen LogP contribution in [0.5, 0.6) is 5.75 Å². The second-order valence-electron chi connectivity index (χ2n) is 5.96. The lowest BCUT2D eigenvalue weighted by Gasteiger charge is -2.36. The van der Waals surface area contributed by atoms with Crippen LogP contribution in [0.2, 0.25) is 0 Å². The van der Waals surface area contributed by atoms with E-state index in [1.165, 1.54) is 5.56 Å². The Morgan fingerprint density at radius 2 is 1.71 bits per heavy atom. The highest BCUT2D eigenvalue weighted by atomic mass is 32.2. The monoisotopic (exact) mass is 342 g/mol. The number of phenols is 1. The molecular weight excluding hydrogens is 320 g/mol. The molecule has 0 aliphatic carbocycles. The van der Waals surface area contributed by atoms with Crippen molar-refractivity contribution in [3.05, 3.63) is 54.1 Å². The van der Waals surface area contributed by atoms with E-state index in [-0.39, 0.29) is 5.91 Å². The second kappa shape index (κ2) is 7.62. The van der Waals surface area contributed by atoms with E-state index in [2.05, 4.69) is 36.1 Å². The molecule has 1 saturated heterocycles. The molecule has 1 fully saturated rings. The number of aromatic hydroxyl groups is 1. The first-order valence-corrected chi connectivity index (χ1v) is 9.12. The minimum Gasteiger partial charge on any atom is -0.506 e. The van der Waals surface area contributed by atoms with Gasteiger partial charge >= 0.3 is 0 Å². The molecule has 4 nitrogen and oxygen atoms in total. The van der Waals surface area contributed by atoms with E-state index < -0.39 is 0 Å². The number of para-hydroxylation sites is 2. The van der Waals surface area contributed by atoms with E-state index in [0.29, 0.717) is 24.6 Å². The Labute approximate surface area is 147 Å². The van der Waals surface area contributed by atoms with E-state index in [9.17, 15) is 9.90 Å². The number of anilines is 1. The molecule has 1 aliphatic rings. The first-order chi connectivity index (χ1) is 11.6. The van der Waals surface area contributed by atoms with Gasteiger partial charge < -0.3 is 14.9 Å². The summed E-state index contributed by atoms with van der Waals surface area (Å²) in [5.41, 5.74) is 2.07. The molecule has 0 unspecified atom stereocenters. The number of piperazine rings is 1. The lowest BCUT2D eigenvalue weighted by atomic mass is 10.2. The van der Waals surface area contributed by atoms with Crippen LogP contribution in [0, 0.1) is 6.92 Å². The van der Waals surface area contributed by atoms with Crippen molar-refractivity contribution in [2.24, 2.45) is 0 Å². The predicted molar refractivity (Wildman–Crippen MR) is 98.8 cm³/mol. The van der Waals surface area contributed by atoms with Crippen LogP contribution >= 0.6 is 11.8 Å². The van der Waals surface area contributed by atoms with E-state index in [4.69, 9.17) is 0 Å². The van der Waals surface area contributed by atoms with Crippen LogP contribution in [0.1, 0.15) is 5.56 Å². The highest BCUT2D eigenvalue weighted by Gasteiger charge is 2.22. The molecule has 5 heteroatoms. The molecular formula is C19H22N2O2S. The van der Waals surface area contributed by atoms with Crippen molar-refractivity contribution >= 4 is 23.4 Å². The molecule has 1 heterocycles. The van der Waals surface area contributed by atoms with Crippen LogP contribution in [0.4, 0.5) is 5.69 Å². The minimum atomic E-state index is 0.178. The molecule has 24 heavy (non-hydrogen) atoms. The smallest absolute Gasteiger partial charge is 0.233 e. The molecule has 0 aromatic heterocycles. The van der Waals surface area contributed by atoms with E-state index in [1.54, 1.807) is 17.8 Å². The molecule has 0 saturated carbocycles. The van der Waals surface area contributed by atoms with Crippen LogP contribution in [0.3, 0.4) is 0 Å². The number of thioether (sulfide) groups is 1. The summed E-state index contributed by atoms with van der Waals surface area (Å²) >= 11 is 1.59. The molecule has 0 spiro atoms. The Kier molecular flexibility index (Phi) is 5.30. The van der Waals surface area contributed by atoms with Crippen LogP contribution in [0.25, 0.3) is 0 Å². The Bertz CT molecular complexity index is 695. The van der Waals surface area contributed by atoms with Gasteiger partial charge in [0.1, 0.15) is 5.75 Å². The van der Waals surface area contributed by atoms with Gasteiger partial charge in [0.05, 0.1) is 11.4 Å². The summed E-state index contributed by atoms with van der Waals surface area (Å²) in [4.78, 5) is 17.6. The topological polar surface area (TPSA) is 43.8 Å². The fraction of sp³-hybridized carbons (Fsp3) is 0.316. The third-order valence-corrected chi connectivity index (χ3v) is 5.23. The van der Waals surface area contributed by atoms with Crippen molar-refractivity contribution in [3.8, 4) is 5.75 Å². The van der Waals surface area contributed by atoms with Gasteiger partial charge in [0, 0.05) is 31.1 Å². The summed E-state index contributed by atoms with van der Waals surface area (Å²) < 4.78 is 0.